The van der Waals surface area contributed by atoms with E-state index in [-0.39, 0.29) is 5.91 Å². The number of rotatable bonds is 4. The lowest BCUT2D eigenvalue weighted by atomic mass is 10.1. The summed E-state index contributed by atoms with van der Waals surface area (Å²) in [7, 11) is 0. The Morgan fingerprint density at radius 3 is 2.77 bits per heavy atom. The van der Waals surface area contributed by atoms with Crippen molar-refractivity contribution in [1.29, 1.82) is 0 Å². The van der Waals surface area contributed by atoms with Crippen LogP contribution in [0, 0.1) is 19.8 Å². The molecule has 1 fully saturated rings. The minimum atomic E-state index is 0.0689. The molecule has 0 saturated carbocycles. The molecule has 1 amide bonds. The second-order valence-electron chi connectivity index (χ2n) is 6.00. The monoisotopic (exact) mass is 314 g/mol. The highest BCUT2D eigenvalue weighted by Crippen LogP contribution is 2.24. The normalized spacial score (nSPS) is 17.7. The Morgan fingerprint density at radius 2 is 2.09 bits per heavy atom. The molecule has 3 rings (SSSR count). The Balaban J connectivity index is 1.51. The third-order valence-corrected chi connectivity index (χ3v) is 5.50. The molecule has 2 heterocycles. The molecule has 0 spiro atoms. The molecular formula is C18H22N2OS. The number of nitrogens with one attached hydrogen (secondary N) is 1. The summed E-state index contributed by atoms with van der Waals surface area (Å²) in [6, 6.07) is 12.5. The van der Waals surface area contributed by atoms with E-state index in [0.29, 0.717) is 5.92 Å². The van der Waals surface area contributed by atoms with Crippen LogP contribution in [-0.2, 0) is 0 Å². The highest BCUT2D eigenvalue weighted by molar-refractivity contribution is 7.14. The number of para-hydroxylation sites is 1. The maximum absolute atomic E-state index is 12.2. The fourth-order valence-corrected chi connectivity index (χ4v) is 3.83. The summed E-state index contributed by atoms with van der Waals surface area (Å²) in [5.74, 6) is 0.602. The Hall–Kier alpha value is -1.81. The van der Waals surface area contributed by atoms with Crippen molar-refractivity contribution < 1.29 is 4.79 Å². The van der Waals surface area contributed by atoms with Crippen molar-refractivity contribution in [3.05, 3.63) is 51.7 Å². The van der Waals surface area contributed by atoms with Gasteiger partial charge in [0.2, 0.25) is 0 Å². The first-order chi connectivity index (χ1) is 10.6. The third-order valence-electron chi connectivity index (χ3n) is 4.35. The van der Waals surface area contributed by atoms with E-state index < -0.39 is 0 Å². The zero-order chi connectivity index (χ0) is 15.5. The van der Waals surface area contributed by atoms with Crippen LogP contribution < -0.4 is 10.2 Å². The first-order valence-corrected chi connectivity index (χ1v) is 8.60. The first-order valence-electron chi connectivity index (χ1n) is 7.78. The lowest BCUT2D eigenvalue weighted by Gasteiger charge is -2.18. The second-order valence-corrected chi connectivity index (χ2v) is 7.25. The SMILES string of the molecule is Cc1cc(C(=O)NCC2CCN(c3ccccc3)C2)sc1C. The highest BCUT2D eigenvalue weighted by atomic mass is 32.1. The molecule has 1 saturated heterocycles. The predicted octanol–water partition coefficient (Wildman–Crippen LogP) is 3.62. The maximum atomic E-state index is 12.2. The Bertz CT molecular complexity index is 631. The zero-order valence-electron chi connectivity index (χ0n) is 13.1. The summed E-state index contributed by atoms with van der Waals surface area (Å²) in [5.41, 5.74) is 2.48. The van der Waals surface area contributed by atoms with Crippen molar-refractivity contribution >= 4 is 22.9 Å². The number of carbonyl (C=O) groups is 1. The van der Waals surface area contributed by atoms with Gasteiger partial charge in [-0.05, 0) is 49.9 Å². The largest absolute Gasteiger partial charge is 0.371 e. The Morgan fingerprint density at radius 1 is 1.32 bits per heavy atom. The average Bonchev–Trinajstić information content (AvgIpc) is 3.13. The van der Waals surface area contributed by atoms with Gasteiger partial charge in [-0.25, -0.2) is 0 Å². The van der Waals surface area contributed by atoms with E-state index in [4.69, 9.17) is 0 Å². The van der Waals surface area contributed by atoms with Gasteiger partial charge in [0.15, 0.2) is 0 Å². The van der Waals surface area contributed by atoms with Crippen molar-refractivity contribution in [1.82, 2.24) is 5.32 Å². The van der Waals surface area contributed by atoms with Crippen LogP contribution in [0.1, 0.15) is 26.5 Å². The van der Waals surface area contributed by atoms with E-state index in [9.17, 15) is 4.79 Å². The molecule has 0 radical (unpaired) electrons. The Labute approximate surface area is 136 Å². The molecule has 3 nitrogen and oxygen atoms in total. The number of carbonyl (C=O) groups excluding carboxylic acids is 1. The molecule has 1 aliphatic heterocycles. The quantitative estimate of drug-likeness (QED) is 0.935. The lowest BCUT2D eigenvalue weighted by Crippen LogP contribution is -2.30. The van der Waals surface area contributed by atoms with Crippen LogP contribution in [0.3, 0.4) is 0 Å². The number of aryl methyl sites for hydroxylation is 2. The zero-order valence-corrected chi connectivity index (χ0v) is 14.0. The first kappa shape index (κ1) is 15.1. The van der Waals surface area contributed by atoms with Crippen LogP contribution in [0.4, 0.5) is 5.69 Å². The van der Waals surface area contributed by atoms with Gasteiger partial charge in [-0.15, -0.1) is 11.3 Å². The molecule has 0 aliphatic carbocycles. The number of hydrogen-bond acceptors (Lipinski definition) is 3. The summed E-state index contributed by atoms with van der Waals surface area (Å²) < 4.78 is 0. The van der Waals surface area contributed by atoms with Gasteiger partial charge < -0.3 is 10.2 Å². The highest BCUT2D eigenvalue weighted by Gasteiger charge is 2.23. The molecule has 1 unspecified atom stereocenters. The van der Waals surface area contributed by atoms with Crippen LogP contribution in [-0.4, -0.2) is 25.5 Å². The molecule has 0 bridgehead atoms. The Kier molecular flexibility index (Phi) is 4.48. The molecule has 4 heteroatoms. The van der Waals surface area contributed by atoms with Crippen molar-refractivity contribution in [3.63, 3.8) is 0 Å². The molecule has 116 valence electrons. The van der Waals surface area contributed by atoms with Crippen molar-refractivity contribution in [3.8, 4) is 0 Å². The van der Waals surface area contributed by atoms with Crippen LogP contribution in [0.5, 0.6) is 0 Å². The standard InChI is InChI=1S/C18H22N2OS/c1-13-10-17(22-14(13)2)18(21)19-11-15-8-9-20(12-15)16-6-4-3-5-7-16/h3-7,10,15H,8-9,11-12H2,1-2H3,(H,19,21). The number of benzene rings is 1. The van der Waals surface area contributed by atoms with Gasteiger partial charge in [0.25, 0.3) is 5.91 Å². The average molecular weight is 314 g/mol. The number of nitrogens with zero attached hydrogens (tertiary/aromatic N) is 1. The van der Waals surface area contributed by atoms with Gasteiger partial charge in [-0.1, -0.05) is 18.2 Å². The van der Waals surface area contributed by atoms with Crippen molar-refractivity contribution in [2.24, 2.45) is 5.92 Å². The number of thiophene rings is 1. The summed E-state index contributed by atoms with van der Waals surface area (Å²) in [5, 5.41) is 3.10. The second kappa shape index (κ2) is 6.53. The summed E-state index contributed by atoms with van der Waals surface area (Å²) in [6.45, 7) is 6.97. The predicted molar refractivity (Wildman–Crippen MR) is 92.9 cm³/mol. The van der Waals surface area contributed by atoms with E-state index >= 15 is 0 Å². The fraction of sp³-hybridized carbons (Fsp3) is 0.389. The smallest absolute Gasteiger partial charge is 0.261 e. The van der Waals surface area contributed by atoms with Crippen molar-refractivity contribution in [2.75, 3.05) is 24.5 Å². The molecule has 2 aromatic rings. The van der Waals surface area contributed by atoms with Gasteiger partial charge in [-0.2, -0.15) is 0 Å². The minimum absolute atomic E-state index is 0.0689. The number of hydrogen-bond donors (Lipinski definition) is 1. The number of amides is 1. The molecular weight excluding hydrogens is 292 g/mol. The topological polar surface area (TPSA) is 32.3 Å². The van der Waals surface area contributed by atoms with E-state index in [0.717, 1.165) is 30.9 Å². The maximum Gasteiger partial charge on any atom is 0.261 e. The molecule has 22 heavy (non-hydrogen) atoms. The van der Waals surface area contributed by atoms with Crippen LogP contribution in [0.25, 0.3) is 0 Å². The summed E-state index contributed by atoms with van der Waals surface area (Å²) in [4.78, 5) is 16.7. The van der Waals surface area contributed by atoms with E-state index in [1.165, 1.54) is 16.1 Å². The fourth-order valence-electron chi connectivity index (χ4n) is 2.88. The van der Waals surface area contributed by atoms with E-state index in [1.54, 1.807) is 11.3 Å². The molecule has 1 N–H and O–H groups in total. The van der Waals surface area contributed by atoms with Crippen molar-refractivity contribution in [2.45, 2.75) is 20.3 Å². The molecule has 1 aromatic carbocycles. The van der Waals surface area contributed by atoms with E-state index in [1.807, 2.05) is 12.1 Å². The van der Waals surface area contributed by atoms with Gasteiger partial charge in [0, 0.05) is 30.2 Å². The number of anilines is 1. The van der Waals surface area contributed by atoms with Gasteiger partial charge in [0.05, 0.1) is 4.88 Å². The van der Waals surface area contributed by atoms with Gasteiger partial charge in [0.1, 0.15) is 0 Å². The molecule has 1 atom stereocenters. The molecule has 1 aromatic heterocycles. The summed E-state index contributed by atoms with van der Waals surface area (Å²) in [6.07, 6.45) is 1.14. The van der Waals surface area contributed by atoms with E-state index in [2.05, 4.69) is 48.3 Å². The molecule has 1 aliphatic rings. The minimum Gasteiger partial charge on any atom is -0.371 e. The van der Waals surface area contributed by atoms with Gasteiger partial charge >= 0.3 is 0 Å². The lowest BCUT2D eigenvalue weighted by molar-refractivity contribution is 0.0952. The van der Waals surface area contributed by atoms with Crippen LogP contribution in [0.2, 0.25) is 0 Å². The van der Waals surface area contributed by atoms with Crippen LogP contribution >= 0.6 is 11.3 Å². The summed E-state index contributed by atoms with van der Waals surface area (Å²) >= 11 is 1.58. The van der Waals surface area contributed by atoms with Gasteiger partial charge in [-0.3, -0.25) is 4.79 Å². The third kappa shape index (κ3) is 3.33. The van der Waals surface area contributed by atoms with Crippen LogP contribution in [0.15, 0.2) is 36.4 Å².